The van der Waals surface area contributed by atoms with Crippen LogP contribution in [0.1, 0.15) is 5.89 Å². The Morgan fingerprint density at radius 1 is 1.32 bits per heavy atom. The minimum absolute atomic E-state index is 0. The third-order valence-corrected chi connectivity index (χ3v) is 3.50. The SMILES string of the molecule is CN1CCN=C1NCCc1nc(-c2ccc(Cl)cc2)no1.I. The van der Waals surface area contributed by atoms with Crippen LogP contribution in [0.3, 0.4) is 0 Å². The second-order valence-electron chi connectivity index (χ2n) is 4.82. The Morgan fingerprint density at radius 3 is 2.77 bits per heavy atom. The number of guanidine groups is 1. The van der Waals surface area contributed by atoms with Crippen molar-refractivity contribution in [2.24, 2.45) is 4.99 Å². The first kappa shape index (κ1) is 17.0. The molecule has 2 heterocycles. The van der Waals surface area contributed by atoms with Crippen LogP contribution in [-0.4, -0.2) is 47.7 Å². The molecule has 1 aliphatic heterocycles. The van der Waals surface area contributed by atoms with Crippen molar-refractivity contribution in [3.8, 4) is 11.4 Å². The zero-order valence-corrected chi connectivity index (χ0v) is 15.2. The van der Waals surface area contributed by atoms with E-state index in [-0.39, 0.29) is 24.0 Å². The number of rotatable bonds is 4. The number of hydrogen-bond donors (Lipinski definition) is 1. The molecule has 1 N–H and O–H groups in total. The van der Waals surface area contributed by atoms with E-state index >= 15 is 0 Å². The quantitative estimate of drug-likeness (QED) is 0.750. The molecule has 1 aromatic carbocycles. The molecule has 0 saturated heterocycles. The summed E-state index contributed by atoms with van der Waals surface area (Å²) in [5, 5.41) is 7.94. The highest BCUT2D eigenvalue weighted by atomic mass is 127. The van der Waals surface area contributed by atoms with Crippen molar-refractivity contribution < 1.29 is 4.52 Å². The lowest BCUT2D eigenvalue weighted by molar-refractivity contribution is 0.378. The normalized spacial score (nSPS) is 13.7. The van der Waals surface area contributed by atoms with Gasteiger partial charge in [-0.15, -0.1) is 24.0 Å². The van der Waals surface area contributed by atoms with Gasteiger partial charge >= 0.3 is 0 Å². The van der Waals surface area contributed by atoms with Gasteiger partial charge in [-0.25, -0.2) is 0 Å². The molecule has 22 heavy (non-hydrogen) atoms. The summed E-state index contributed by atoms with van der Waals surface area (Å²) in [4.78, 5) is 10.8. The maximum absolute atomic E-state index is 5.86. The molecule has 0 spiro atoms. The van der Waals surface area contributed by atoms with E-state index < -0.39 is 0 Å². The number of aromatic nitrogens is 2. The molecule has 0 saturated carbocycles. The molecule has 0 radical (unpaired) electrons. The van der Waals surface area contributed by atoms with Crippen molar-refractivity contribution in [3.05, 3.63) is 35.2 Å². The number of nitrogens with one attached hydrogen (secondary N) is 1. The van der Waals surface area contributed by atoms with Crippen molar-refractivity contribution in [2.75, 3.05) is 26.7 Å². The van der Waals surface area contributed by atoms with E-state index in [0.29, 0.717) is 29.7 Å². The summed E-state index contributed by atoms with van der Waals surface area (Å²) in [6, 6.07) is 7.36. The Kier molecular flexibility index (Phi) is 6.01. The minimum Gasteiger partial charge on any atom is -0.356 e. The molecule has 2 aromatic rings. The first-order valence-electron chi connectivity index (χ1n) is 6.80. The summed E-state index contributed by atoms with van der Waals surface area (Å²) in [6.45, 7) is 2.52. The van der Waals surface area contributed by atoms with Gasteiger partial charge < -0.3 is 14.7 Å². The van der Waals surface area contributed by atoms with Crippen molar-refractivity contribution in [1.82, 2.24) is 20.4 Å². The van der Waals surface area contributed by atoms with Gasteiger partial charge in [-0.1, -0.05) is 16.8 Å². The first-order chi connectivity index (χ1) is 10.2. The van der Waals surface area contributed by atoms with Gasteiger partial charge in [0.05, 0.1) is 6.54 Å². The Labute approximate surface area is 151 Å². The van der Waals surface area contributed by atoms with Crippen molar-refractivity contribution in [2.45, 2.75) is 6.42 Å². The fraction of sp³-hybridized carbons (Fsp3) is 0.357. The van der Waals surface area contributed by atoms with Gasteiger partial charge in [0.15, 0.2) is 5.96 Å². The molecule has 6 nitrogen and oxygen atoms in total. The molecule has 1 aliphatic rings. The van der Waals surface area contributed by atoms with Crippen molar-refractivity contribution in [3.63, 3.8) is 0 Å². The molecule has 0 bridgehead atoms. The predicted molar refractivity (Wildman–Crippen MR) is 96.8 cm³/mol. The summed E-state index contributed by atoms with van der Waals surface area (Å²) in [7, 11) is 2.02. The van der Waals surface area contributed by atoms with E-state index in [4.69, 9.17) is 16.1 Å². The smallest absolute Gasteiger partial charge is 0.228 e. The standard InChI is InChI=1S/C14H16ClN5O.HI/c1-20-9-8-17-14(20)16-7-6-12-18-13(19-21-12)10-2-4-11(15)5-3-10;/h2-5H,6-9H2,1H3,(H,16,17);1H. The Balaban J connectivity index is 0.00000176. The van der Waals surface area contributed by atoms with Crippen molar-refractivity contribution >= 4 is 41.5 Å². The Hall–Kier alpha value is -1.35. The molecule has 118 valence electrons. The summed E-state index contributed by atoms with van der Waals surface area (Å²) >= 11 is 5.86. The van der Waals surface area contributed by atoms with E-state index in [1.54, 1.807) is 0 Å². The number of likely N-dealkylation sites (N-methyl/N-ethyl adjacent to an activating group) is 1. The third-order valence-electron chi connectivity index (χ3n) is 3.25. The molecular formula is C14H17ClIN5O. The molecular weight excluding hydrogens is 417 g/mol. The van der Waals surface area contributed by atoms with E-state index in [2.05, 4.69) is 25.3 Å². The van der Waals surface area contributed by atoms with Gasteiger partial charge in [-0.05, 0) is 24.3 Å². The van der Waals surface area contributed by atoms with Crippen LogP contribution in [0.15, 0.2) is 33.8 Å². The fourth-order valence-electron chi connectivity index (χ4n) is 2.08. The van der Waals surface area contributed by atoms with Crippen LogP contribution in [0.4, 0.5) is 0 Å². The highest BCUT2D eigenvalue weighted by Crippen LogP contribution is 2.18. The lowest BCUT2D eigenvalue weighted by Gasteiger charge is -2.14. The molecule has 0 fully saturated rings. The van der Waals surface area contributed by atoms with Gasteiger partial charge in [-0.3, -0.25) is 4.99 Å². The number of nitrogens with zero attached hydrogens (tertiary/aromatic N) is 4. The number of benzene rings is 1. The molecule has 0 atom stereocenters. The van der Waals surface area contributed by atoms with Crippen LogP contribution in [0.5, 0.6) is 0 Å². The van der Waals surface area contributed by atoms with Gasteiger partial charge in [0, 0.05) is 37.1 Å². The number of hydrogen-bond acceptors (Lipinski definition) is 6. The summed E-state index contributed by atoms with van der Waals surface area (Å²) in [5.41, 5.74) is 0.891. The Morgan fingerprint density at radius 2 is 2.09 bits per heavy atom. The number of halogens is 2. The average Bonchev–Trinajstić information content (AvgIpc) is 3.10. The van der Waals surface area contributed by atoms with Crippen LogP contribution in [0, 0.1) is 0 Å². The molecule has 8 heteroatoms. The molecule has 0 amide bonds. The lowest BCUT2D eigenvalue weighted by atomic mass is 10.2. The largest absolute Gasteiger partial charge is 0.356 e. The minimum atomic E-state index is 0. The van der Waals surface area contributed by atoms with Crippen LogP contribution >= 0.6 is 35.6 Å². The summed E-state index contributed by atoms with van der Waals surface area (Å²) in [5.74, 6) is 2.11. The first-order valence-corrected chi connectivity index (χ1v) is 7.18. The Bertz CT molecular complexity index is 643. The van der Waals surface area contributed by atoms with Crippen LogP contribution in [-0.2, 0) is 6.42 Å². The fourth-order valence-corrected chi connectivity index (χ4v) is 2.20. The maximum Gasteiger partial charge on any atom is 0.228 e. The van der Waals surface area contributed by atoms with E-state index in [1.807, 2.05) is 31.3 Å². The van der Waals surface area contributed by atoms with Gasteiger partial charge in [0.25, 0.3) is 0 Å². The monoisotopic (exact) mass is 433 g/mol. The second kappa shape index (κ2) is 7.77. The van der Waals surface area contributed by atoms with E-state index in [0.717, 1.165) is 24.6 Å². The van der Waals surface area contributed by atoms with E-state index in [1.165, 1.54) is 0 Å². The van der Waals surface area contributed by atoms with E-state index in [9.17, 15) is 0 Å². The molecule has 3 rings (SSSR count). The predicted octanol–water partition coefficient (Wildman–Crippen LogP) is 2.44. The van der Waals surface area contributed by atoms with Crippen LogP contribution in [0.2, 0.25) is 5.02 Å². The highest BCUT2D eigenvalue weighted by Gasteiger charge is 2.12. The molecule has 0 unspecified atom stereocenters. The second-order valence-corrected chi connectivity index (χ2v) is 5.26. The highest BCUT2D eigenvalue weighted by molar-refractivity contribution is 14.0. The molecule has 1 aromatic heterocycles. The lowest BCUT2D eigenvalue weighted by Crippen LogP contribution is -2.36. The average molecular weight is 434 g/mol. The zero-order valence-electron chi connectivity index (χ0n) is 12.1. The maximum atomic E-state index is 5.86. The zero-order chi connectivity index (χ0) is 14.7. The van der Waals surface area contributed by atoms with Gasteiger partial charge in [-0.2, -0.15) is 4.98 Å². The number of aliphatic imine (C=N–C) groups is 1. The third kappa shape index (κ3) is 4.10. The van der Waals surface area contributed by atoms with Crippen LogP contribution < -0.4 is 5.32 Å². The summed E-state index contributed by atoms with van der Waals surface area (Å²) in [6.07, 6.45) is 0.660. The molecule has 0 aliphatic carbocycles. The van der Waals surface area contributed by atoms with Crippen LogP contribution in [0.25, 0.3) is 11.4 Å². The van der Waals surface area contributed by atoms with Gasteiger partial charge in [0.1, 0.15) is 0 Å². The van der Waals surface area contributed by atoms with Gasteiger partial charge in [0.2, 0.25) is 11.7 Å². The van der Waals surface area contributed by atoms with Crippen molar-refractivity contribution in [1.29, 1.82) is 0 Å². The summed E-state index contributed by atoms with van der Waals surface area (Å²) < 4.78 is 5.25. The topological polar surface area (TPSA) is 66.5 Å².